The lowest BCUT2D eigenvalue weighted by atomic mass is 10.2. The second-order valence-electron chi connectivity index (χ2n) is 2.44. The average Bonchev–Trinajstić information content (AvgIpc) is 2.05. The first-order valence-corrected chi connectivity index (χ1v) is 5.31. The Balaban J connectivity index is 2.86. The molecule has 0 heterocycles. The van der Waals surface area contributed by atoms with Crippen LogP contribution in [0.5, 0.6) is 0 Å². The average molecular weight is 203 g/mol. The number of aliphatic hydroxyl groups excluding tert-OH is 1. The summed E-state index contributed by atoms with van der Waals surface area (Å²) in [6.07, 6.45) is 2.67. The zero-order valence-electron chi connectivity index (χ0n) is 6.88. The molecule has 1 nitrogen and oxygen atoms in total. The SMILES string of the molecule is CSc1ccc(CCO)cc1Cl. The Hall–Kier alpha value is -0.180. The highest BCUT2D eigenvalue weighted by Gasteiger charge is 1.99. The van der Waals surface area contributed by atoms with Crippen molar-refractivity contribution in [2.75, 3.05) is 12.9 Å². The van der Waals surface area contributed by atoms with Crippen molar-refractivity contribution in [3.8, 4) is 0 Å². The fraction of sp³-hybridized carbons (Fsp3) is 0.333. The third-order valence-electron chi connectivity index (χ3n) is 1.62. The maximum atomic E-state index is 8.69. The van der Waals surface area contributed by atoms with E-state index >= 15 is 0 Å². The minimum absolute atomic E-state index is 0.176. The second kappa shape index (κ2) is 4.75. The molecule has 0 aliphatic heterocycles. The standard InChI is InChI=1S/C9H11ClOS/c1-12-9-3-2-7(4-5-11)6-8(9)10/h2-3,6,11H,4-5H2,1H3. The molecule has 3 heteroatoms. The lowest BCUT2D eigenvalue weighted by Gasteiger charge is -2.02. The van der Waals surface area contributed by atoms with Gasteiger partial charge < -0.3 is 5.11 Å². The first-order valence-electron chi connectivity index (χ1n) is 3.71. The number of thioether (sulfide) groups is 1. The van der Waals surface area contributed by atoms with Crippen molar-refractivity contribution in [1.29, 1.82) is 0 Å². The summed E-state index contributed by atoms with van der Waals surface area (Å²) < 4.78 is 0. The number of halogens is 1. The molecule has 0 saturated heterocycles. The molecule has 0 aliphatic carbocycles. The topological polar surface area (TPSA) is 20.2 Å². The molecular weight excluding hydrogens is 192 g/mol. The van der Waals surface area contributed by atoms with Crippen LogP contribution in [0.1, 0.15) is 5.56 Å². The molecule has 12 heavy (non-hydrogen) atoms. The number of hydrogen-bond acceptors (Lipinski definition) is 2. The Morgan fingerprint density at radius 3 is 2.75 bits per heavy atom. The lowest BCUT2D eigenvalue weighted by molar-refractivity contribution is 0.299. The van der Waals surface area contributed by atoms with Gasteiger partial charge in [-0.2, -0.15) is 0 Å². The molecule has 0 saturated carbocycles. The van der Waals surface area contributed by atoms with Crippen LogP contribution in [0.25, 0.3) is 0 Å². The van der Waals surface area contributed by atoms with Gasteiger partial charge in [0.2, 0.25) is 0 Å². The molecule has 1 N–H and O–H groups in total. The molecule has 0 aliphatic rings. The first-order chi connectivity index (χ1) is 5.77. The molecule has 1 rings (SSSR count). The van der Waals surface area contributed by atoms with Gasteiger partial charge in [-0.15, -0.1) is 11.8 Å². The van der Waals surface area contributed by atoms with Gasteiger partial charge in [-0.1, -0.05) is 17.7 Å². The van der Waals surface area contributed by atoms with Gasteiger partial charge in [-0.25, -0.2) is 0 Å². The van der Waals surface area contributed by atoms with Crippen LogP contribution in [0.4, 0.5) is 0 Å². The zero-order chi connectivity index (χ0) is 8.97. The molecule has 0 bridgehead atoms. The fourth-order valence-corrected chi connectivity index (χ4v) is 1.89. The highest BCUT2D eigenvalue weighted by atomic mass is 35.5. The van der Waals surface area contributed by atoms with Crippen LogP contribution < -0.4 is 0 Å². The van der Waals surface area contributed by atoms with E-state index in [-0.39, 0.29) is 6.61 Å². The maximum Gasteiger partial charge on any atom is 0.0544 e. The highest BCUT2D eigenvalue weighted by Crippen LogP contribution is 2.25. The van der Waals surface area contributed by atoms with Gasteiger partial charge in [0, 0.05) is 11.5 Å². The summed E-state index contributed by atoms with van der Waals surface area (Å²) in [7, 11) is 0. The van der Waals surface area contributed by atoms with Gasteiger partial charge in [0.05, 0.1) is 5.02 Å². The number of benzene rings is 1. The van der Waals surface area contributed by atoms with Crippen molar-refractivity contribution in [3.05, 3.63) is 28.8 Å². The van der Waals surface area contributed by atoms with Crippen LogP contribution in [0, 0.1) is 0 Å². The van der Waals surface area contributed by atoms with Crippen molar-refractivity contribution < 1.29 is 5.11 Å². The van der Waals surface area contributed by atoms with Crippen LogP contribution in [0.2, 0.25) is 5.02 Å². The van der Waals surface area contributed by atoms with Crippen molar-refractivity contribution >= 4 is 23.4 Å². The fourth-order valence-electron chi connectivity index (χ4n) is 0.994. The van der Waals surface area contributed by atoms with Gasteiger partial charge in [-0.05, 0) is 30.4 Å². The molecule has 0 atom stereocenters. The first kappa shape index (κ1) is 9.90. The summed E-state index contributed by atoms with van der Waals surface area (Å²) in [4.78, 5) is 1.08. The van der Waals surface area contributed by atoms with Crippen molar-refractivity contribution in [2.45, 2.75) is 11.3 Å². The molecule has 0 aromatic heterocycles. The zero-order valence-corrected chi connectivity index (χ0v) is 8.45. The Morgan fingerprint density at radius 1 is 1.50 bits per heavy atom. The molecular formula is C9H11ClOS. The van der Waals surface area contributed by atoms with E-state index in [1.807, 2.05) is 24.5 Å². The second-order valence-corrected chi connectivity index (χ2v) is 3.70. The van der Waals surface area contributed by atoms with E-state index in [9.17, 15) is 0 Å². The van der Waals surface area contributed by atoms with Gasteiger partial charge in [-0.3, -0.25) is 0 Å². The van der Waals surface area contributed by atoms with Crippen molar-refractivity contribution in [1.82, 2.24) is 0 Å². The predicted molar refractivity (Wildman–Crippen MR) is 54.0 cm³/mol. The van der Waals surface area contributed by atoms with Gasteiger partial charge in [0.1, 0.15) is 0 Å². The van der Waals surface area contributed by atoms with E-state index in [1.54, 1.807) is 11.8 Å². The van der Waals surface area contributed by atoms with Crippen LogP contribution in [0.15, 0.2) is 23.1 Å². The highest BCUT2D eigenvalue weighted by molar-refractivity contribution is 7.98. The minimum atomic E-state index is 0.176. The smallest absolute Gasteiger partial charge is 0.0544 e. The van der Waals surface area contributed by atoms with E-state index in [0.29, 0.717) is 6.42 Å². The third kappa shape index (κ3) is 2.41. The molecule has 0 fully saturated rings. The molecule has 1 aromatic carbocycles. The van der Waals surface area contributed by atoms with Crippen molar-refractivity contribution in [2.24, 2.45) is 0 Å². The Morgan fingerprint density at radius 2 is 2.25 bits per heavy atom. The summed E-state index contributed by atoms with van der Waals surface area (Å²) in [5.41, 5.74) is 1.08. The summed E-state index contributed by atoms with van der Waals surface area (Å²) in [6, 6.07) is 5.88. The molecule has 0 unspecified atom stereocenters. The number of hydrogen-bond donors (Lipinski definition) is 1. The third-order valence-corrected chi connectivity index (χ3v) is 2.84. The summed E-state index contributed by atoms with van der Waals surface area (Å²) in [5.74, 6) is 0. The Kier molecular flexibility index (Phi) is 3.92. The van der Waals surface area contributed by atoms with E-state index in [2.05, 4.69) is 0 Å². The maximum absolute atomic E-state index is 8.69. The summed E-state index contributed by atoms with van der Waals surface area (Å²) in [6.45, 7) is 0.176. The molecule has 1 aromatic rings. The van der Waals surface area contributed by atoms with E-state index in [4.69, 9.17) is 16.7 Å². The largest absolute Gasteiger partial charge is 0.396 e. The molecule has 0 radical (unpaired) electrons. The van der Waals surface area contributed by atoms with Gasteiger partial charge in [0.15, 0.2) is 0 Å². The van der Waals surface area contributed by atoms with Gasteiger partial charge >= 0.3 is 0 Å². The monoisotopic (exact) mass is 202 g/mol. The number of rotatable bonds is 3. The Bertz CT molecular complexity index is 263. The van der Waals surface area contributed by atoms with E-state index in [1.165, 1.54) is 0 Å². The summed E-state index contributed by atoms with van der Waals surface area (Å²) >= 11 is 7.59. The molecule has 0 amide bonds. The van der Waals surface area contributed by atoms with Crippen LogP contribution >= 0.6 is 23.4 Å². The molecule has 0 spiro atoms. The van der Waals surface area contributed by atoms with Crippen molar-refractivity contribution in [3.63, 3.8) is 0 Å². The van der Waals surface area contributed by atoms with Crippen LogP contribution in [-0.4, -0.2) is 18.0 Å². The molecule has 66 valence electrons. The van der Waals surface area contributed by atoms with Crippen LogP contribution in [-0.2, 0) is 6.42 Å². The Labute approximate surface area is 81.7 Å². The number of aliphatic hydroxyl groups is 1. The van der Waals surface area contributed by atoms with Gasteiger partial charge in [0.25, 0.3) is 0 Å². The lowest BCUT2D eigenvalue weighted by Crippen LogP contribution is -1.90. The van der Waals surface area contributed by atoms with E-state index < -0.39 is 0 Å². The minimum Gasteiger partial charge on any atom is -0.396 e. The quantitative estimate of drug-likeness (QED) is 0.761. The van der Waals surface area contributed by atoms with E-state index in [0.717, 1.165) is 15.5 Å². The normalized spacial score (nSPS) is 10.2. The van der Waals surface area contributed by atoms with Crippen LogP contribution in [0.3, 0.4) is 0 Å². The predicted octanol–water partition coefficient (Wildman–Crippen LogP) is 2.60. The summed E-state index contributed by atoms with van der Waals surface area (Å²) in [5, 5.41) is 9.46.